The highest BCUT2D eigenvalue weighted by atomic mass is 19.5. The molecular formula is C13H31BF4N+. The maximum Gasteiger partial charge on any atom is 1.00 e. The summed E-state index contributed by atoms with van der Waals surface area (Å²) in [4.78, 5) is 0. The molecule has 0 saturated heterocycles. The average Bonchev–Trinajstić information content (AvgIpc) is 2.30. The van der Waals surface area contributed by atoms with E-state index in [-0.39, 0.29) is 1.43 Å². The molecule has 0 bridgehead atoms. The van der Waals surface area contributed by atoms with Gasteiger partial charge in [-0.3, -0.25) is 0 Å². The molecule has 0 N–H and O–H groups in total. The molecular weight excluding hydrogens is 257 g/mol. The van der Waals surface area contributed by atoms with Crippen molar-refractivity contribution in [3.8, 4) is 0 Å². The summed E-state index contributed by atoms with van der Waals surface area (Å²) in [5, 5.41) is 0. The van der Waals surface area contributed by atoms with Crippen molar-refractivity contribution >= 4 is 7.25 Å². The molecule has 0 fully saturated rings. The van der Waals surface area contributed by atoms with Crippen LogP contribution in [0.3, 0.4) is 0 Å². The van der Waals surface area contributed by atoms with Crippen LogP contribution in [0.4, 0.5) is 17.3 Å². The molecule has 0 atom stereocenters. The van der Waals surface area contributed by atoms with E-state index in [1.54, 1.807) is 0 Å². The minimum absolute atomic E-state index is 0. The number of nitrogens with zero attached hydrogens (tertiary/aromatic N) is 1. The first-order valence-corrected chi connectivity index (χ1v) is 7.39. The fraction of sp³-hybridized carbons (Fsp3) is 1.00. The second-order valence-electron chi connectivity index (χ2n) is 5.35. The maximum absolute atomic E-state index is 9.75. The molecule has 0 unspecified atom stereocenters. The van der Waals surface area contributed by atoms with Gasteiger partial charge in [0.15, 0.2) is 0 Å². The normalized spacial score (nSPS) is 12.0. The van der Waals surface area contributed by atoms with E-state index < -0.39 is 7.25 Å². The van der Waals surface area contributed by atoms with Crippen LogP contribution in [-0.4, -0.2) is 38.4 Å². The third kappa shape index (κ3) is 20.2. The Kier molecular flexibility index (Phi) is 12.8. The topological polar surface area (TPSA) is 0 Å². The first-order chi connectivity index (χ1) is 8.68. The van der Waals surface area contributed by atoms with E-state index in [0.29, 0.717) is 0 Å². The second-order valence-corrected chi connectivity index (χ2v) is 5.35. The van der Waals surface area contributed by atoms with Crippen LogP contribution in [-0.2, 0) is 0 Å². The van der Waals surface area contributed by atoms with Gasteiger partial charge in [0.25, 0.3) is 0 Å². The van der Waals surface area contributed by atoms with Crippen molar-refractivity contribution in [1.29, 1.82) is 0 Å². The zero-order chi connectivity index (χ0) is 15.4. The molecule has 0 rings (SSSR count). The summed E-state index contributed by atoms with van der Waals surface area (Å²) in [5.74, 6) is 0. The molecule has 0 aromatic rings. The summed E-state index contributed by atoms with van der Waals surface area (Å²) in [6.45, 7) is 11.0. The standard InChI is InChI=1S/C13H30N.BF4/c1-5-8-11-14(4,12-9-6-2)13-10-7-3;2-1(3,4)5/h5-13H2,1-4H3;/q+1;-1/p+1. The van der Waals surface area contributed by atoms with Crippen LogP contribution in [0, 0.1) is 0 Å². The van der Waals surface area contributed by atoms with E-state index in [1.807, 2.05) is 0 Å². The van der Waals surface area contributed by atoms with E-state index in [9.17, 15) is 17.3 Å². The number of hydrogen-bond acceptors (Lipinski definition) is 0. The predicted molar refractivity (Wildman–Crippen MR) is 76.8 cm³/mol. The van der Waals surface area contributed by atoms with Crippen molar-refractivity contribution in [3.05, 3.63) is 0 Å². The van der Waals surface area contributed by atoms with E-state index in [4.69, 9.17) is 0 Å². The monoisotopic (exact) mass is 288 g/mol. The zero-order valence-corrected chi connectivity index (χ0v) is 12.9. The van der Waals surface area contributed by atoms with E-state index >= 15 is 0 Å². The molecule has 118 valence electrons. The first kappa shape index (κ1) is 21.1. The molecule has 0 aliphatic heterocycles. The summed E-state index contributed by atoms with van der Waals surface area (Å²) >= 11 is 0. The Balaban J connectivity index is -0.000000414. The molecule has 0 aliphatic carbocycles. The molecule has 0 aromatic heterocycles. The zero-order valence-electron chi connectivity index (χ0n) is 13.9. The fourth-order valence-corrected chi connectivity index (χ4v) is 1.95. The van der Waals surface area contributed by atoms with Gasteiger partial charge in [-0.05, 0) is 19.3 Å². The van der Waals surface area contributed by atoms with Crippen molar-refractivity contribution in [1.82, 2.24) is 0 Å². The molecule has 6 heteroatoms. The van der Waals surface area contributed by atoms with Crippen molar-refractivity contribution in [3.63, 3.8) is 0 Å². The average molecular weight is 288 g/mol. The number of rotatable bonds is 9. The molecule has 1 nitrogen and oxygen atoms in total. The Morgan fingerprint density at radius 2 is 0.947 bits per heavy atom. The highest BCUT2D eigenvalue weighted by Gasteiger charge is 2.20. The second kappa shape index (κ2) is 11.6. The quantitative estimate of drug-likeness (QED) is 0.309. The lowest BCUT2D eigenvalue weighted by molar-refractivity contribution is -0.910. The SMILES string of the molecule is CCCC[N+](C)(CCCC)CCCC.F[B-](F)(F)F.[H+]. The van der Waals surface area contributed by atoms with Crippen molar-refractivity contribution in [2.45, 2.75) is 59.3 Å². The highest BCUT2D eigenvalue weighted by molar-refractivity contribution is 6.50. The first-order valence-electron chi connectivity index (χ1n) is 7.39. The van der Waals surface area contributed by atoms with Gasteiger partial charge in [0.1, 0.15) is 0 Å². The summed E-state index contributed by atoms with van der Waals surface area (Å²) in [5.41, 5.74) is 0. The number of unbranched alkanes of at least 4 members (excludes halogenated alkanes) is 3. The molecule has 0 amide bonds. The Bertz CT molecular complexity index is 176. The summed E-state index contributed by atoms with van der Waals surface area (Å²) in [7, 11) is -3.55. The summed E-state index contributed by atoms with van der Waals surface area (Å²) in [6, 6.07) is 0. The van der Waals surface area contributed by atoms with Crippen molar-refractivity contribution < 1.29 is 23.2 Å². The number of halogens is 4. The largest absolute Gasteiger partial charge is 1.00 e. The van der Waals surface area contributed by atoms with Gasteiger partial charge in [0.2, 0.25) is 0 Å². The van der Waals surface area contributed by atoms with E-state index in [0.717, 1.165) is 0 Å². The van der Waals surface area contributed by atoms with E-state index in [1.165, 1.54) is 62.6 Å². The van der Waals surface area contributed by atoms with Crippen molar-refractivity contribution in [2.24, 2.45) is 0 Å². The molecule has 0 heterocycles. The van der Waals surface area contributed by atoms with Gasteiger partial charge in [-0.25, -0.2) is 0 Å². The van der Waals surface area contributed by atoms with E-state index in [2.05, 4.69) is 27.8 Å². The Labute approximate surface area is 117 Å². The minimum atomic E-state index is -6.00. The minimum Gasteiger partial charge on any atom is -0.418 e. The Morgan fingerprint density at radius 1 is 0.737 bits per heavy atom. The van der Waals surface area contributed by atoms with Gasteiger partial charge >= 0.3 is 8.68 Å². The number of quaternary nitrogens is 1. The van der Waals surface area contributed by atoms with Crippen LogP contribution in [0.25, 0.3) is 0 Å². The molecule has 0 aliphatic rings. The van der Waals surface area contributed by atoms with Gasteiger partial charge < -0.3 is 21.7 Å². The smallest absolute Gasteiger partial charge is 0.418 e. The Morgan fingerprint density at radius 3 is 1.11 bits per heavy atom. The predicted octanol–water partition coefficient (Wildman–Crippen LogP) is 5.25. The lowest BCUT2D eigenvalue weighted by Gasteiger charge is -2.34. The van der Waals surface area contributed by atoms with Crippen LogP contribution >= 0.6 is 0 Å². The van der Waals surface area contributed by atoms with Gasteiger partial charge in [0, 0.05) is 0 Å². The van der Waals surface area contributed by atoms with Crippen LogP contribution in [0.1, 0.15) is 60.7 Å². The molecule has 0 radical (unpaired) electrons. The fourth-order valence-electron chi connectivity index (χ4n) is 1.95. The van der Waals surface area contributed by atoms with Crippen molar-refractivity contribution in [2.75, 3.05) is 26.7 Å². The highest BCUT2D eigenvalue weighted by Crippen LogP contribution is 2.10. The Hall–Kier alpha value is -0.255. The van der Waals surface area contributed by atoms with Crippen LogP contribution in [0.2, 0.25) is 0 Å². The van der Waals surface area contributed by atoms with Gasteiger partial charge in [-0.1, -0.05) is 40.0 Å². The number of hydrogen-bond donors (Lipinski definition) is 0. The summed E-state index contributed by atoms with van der Waals surface area (Å²) in [6.07, 6.45) is 8.20. The third-order valence-corrected chi connectivity index (χ3v) is 3.15. The van der Waals surface area contributed by atoms with Crippen LogP contribution in [0.5, 0.6) is 0 Å². The lowest BCUT2D eigenvalue weighted by Crippen LogP contribution is -2.46. The van der Waals surface area contributed by atoms with Gasteiger partial charge in [-0.15, -0.1) is 0 Å². The molecule has 0 spiro atoms. The third-order valence-electron chi connectivity index (χ3n) is 3.15. The maximum atomic E-state index is 9.75. The van der Waals surface area contributed by atoms with Gasteiger partial charge in [0.05, 0.1) is 26.7 Å². The summed E-state index contributed by atoms with van der Waals surface area (Å²) < 4.78 is 40.3. The van der Waals surface area contributed by atoms with Crippen LogP contribution in [0.15, 0.2) is 0 Å². The van der Waals surface area contributed by atoms with Gasteiger partial charge in [-0.2, -0.15) is 0 Å². The van der Waals surface area contributed by atoms with Crippen LogP contribution < -0.4 is 0 Å². The molecule has 19 heavy (non-hydrogen) atoms. The molecule has 0 saturated carbocycles. The molecule has 0 aromatic carbocycles. The lowest BCUT2D eigenvalue weighted by atomic mass is 10.2.